The lowest BCUT2D eigenvalue weighted by molar-refractivity contribution is -0.159. The molecule has 1 aromatic carbocycles. The van der Waals surface area contributed by atoms with Crippen LogP contribution in [0.25, 0.3) is 0 Å². The predicted molar refractivity (Wildman–Crippen MR) is 137 cm³/mol. The van der Waals surface area contributed by atoms with Crippen molar-refractivity contribution in [1.29, 1.82) is 0 Å². The van der Waals surface area contributed by atoms with Crippen LogP contribution in [0.4, 0.5) is 4.79 Å². The van der Waals surface area contributed by atoms with E-state index in [2.05, 4.69) is 24.6 Å². The van der Waals surface area contributed by atoms with E-state index < -0.39 is 6.29 Å². The van der Waals surface area contributed by atoms with E-state index in [1.807, 2.05) is 41.0 Å². The second-order valence-corrected chi connectivity index (χ2v) is 11.7. The number of fused-ring (bicyclic) bond motifs is 3. The highest BCUT2D eigenvalue weighted by molar-refractivity contribution is 5.87. The molecule has 2 heterocycles. The van der Waals surface area contributed by atoms with Crippen LogP contribution in [-0.2, 0) is 16.1 Å². The van der Waals surface area contributed by atoms with Gasteiger partial charge in [-0.25, -0.2) is 4.79 Å². The maximum Gasteiger partial charge on any atom is 0.337 e. The van der Waals surface area contributed by atoms with Crippen molar-refractivity contribution in [2.45, 2.75) is 97.1 Å². The molecule has 5 rings (SSSR count). The lowest BCUT2D eigenvalue weighted by atomic mass is 9.75. The highest BCUT2D eigenvalue weighted by Crippen LogP contribution is 2.41. The predicted octanol–water partition coefficient (Wildman–Crippen LogP) is 3.75. The number of hydrazine groups is 1. The van der Waals surface area contributed by atoms with Crippen LogP contribution in [-0.4, -0.2) is 57.6 Å². The summed E-state index contributed by atoms with van der Waals surface area (Å²) in [5.74, 6) is 0.284. The molecule has 4 fully saturated rings. The van der Waals surface area contributed by atoms with E-state index in [1.165, 1.54) is 18.4 Å². The monoisotopic (exact) mass is 495 g/mol. The summed E-state index contributed by atoms with van der Waals surface area (Å²) in [6, 6.07) is 8.09. The molecule has 0 radical (unpaired) electrons. The van der Waals surface area contributed by atoms with Crippen molar-refractivity contribution >= 4 is 17.8 Å². The van der Waals surface area contributed by atoms with Gasteiger partial charge in [0.25, 0.3) is 0 Å². The molecule has 0 bridgehead atoms. The first-order valence-electron chi connectivity index (χ1n) is 13.8. The number of urea groups is 1. The summed E-state index contributed by atoms with van der Waals surface area (Å²) in [4.78, 5) is 44.3. The Morgan fingerprint density at radius 2 is 1.81 bits per heavy atom. The van der Waals surface area contributed by atoms with Crippen molar-refractivity contribution in [2.24, 2.45) is 17.8 Å². The van der Waals surface area contributed by atoms with Gasteiger partial charge in [-0.1, -0.05) is 56.5 Å². The first kappa shape index (κ1) is 25.1. The van der Waals surface area contributed by atoms with Gasteiger partial charge in [0.15, 0.2) is 6.29 Å². The Balaban J connectivity index is 1.36. The van der Waals surface area contributed by atoms with Crippen molar-refractivity contribution in [3.63, 3.8) is 0 Å². The summed E-state index contributed by atoms with van der Waals surface area (Å²) in [5.41, 5.74) is 5.57. The Kier molecular flexibility index (Phi) is 7.24. The van der Waals surface area contributed by atoms with Gasteiger partial charge in [-0.15, -0.1) is 0 Å². The molecular formula is C28H41N5O3. The van der Waals surface area contributed by atoms with E-state index in [9.17, 15) is 14.4 Å². The van der Waals surface area contributed by atoms with Crippen LogP contribution >= 0.6 is 0 Å². The molecule has 2 saturated heterocycles. The molecule has 4 atom stereocenters. The van der Waals surface area contributed by atoms with Crippen molar-refractivity contribution in [3.8, 4) is 0 Å². The van der Waals surface area contributed by atoms with E-state index in [-0.39, 0.29) is 41.8 Å². The molecule has 8 heteroatoms. The lowest BCUT2D eigenvalue weighted by Crippen LogP contribution is -2.67. The summed E-state index contributed by atoms with van der Waals surface area (Å²) < 4.78 is 0. The average Bonchev–Trinajstić information content (AvgIpc) is 3.48. The fraction of sp³-hybridized carbons (Fsp3) is 0.679. The molecule has 2 N–H and O–H groups in total. The summed E-state index contributed by atoms with van der Waals surface area (Å²) >= 11 is 0. The van der Waals surface area contributed by atoms with Crippen molar-refractivity contribution in [1.82, 2.24) is 25.6 Å². The van der Waals surface area contributed by atoms with Gasteiger partial charge in [-0.2, -0.15) is 5.43 Å². The number of aryl methyl sites for hydroxylation is 1. The average molecular weight is 496 g/mol. The van der Waals surface area contributed by atoms with Gasteiger partial charge in [-0.05, 0) is 56.9 Å². The molecular weight excluding hydrogens is 454 g/mol. The second kappa shape index (κ2) is 10.4. The van der Waals surface area contributed by atoms with Crippen LogP contribution in [0.3, 0.4) is 0 Å². The number of hydrogen-bond donors (Lipinski definition) is 2. The lowest BCUT2D eigenvalue weighted by Gasteiger charge is -2.50. The SMILES string of the molecule is Cc1ccc(CN2NC3N(CCC(C)C)C(=O)C4CCC(C(=O)NC5CCCC5)CC4N3C2=O)cc1. The fourth-order valence-corrected chi connectivity index (χ4v) is 6.37. The van der Waals surface area contributed by atoms with Gasteiger partial charge in [0.2, 0.25) is 11.8 Å². The van der Waals surface area contributed by atoms with E-state index in [1.54, 1.807) is 5.01 Å². The summed E-state index contributed by atoms with van der Waals surface area (Å²) in [6.45, 7) is 7.40. The Bertz CT molecular complexity index is 974. The van der Waals surface area contributed by atoms with Crippen LogP contribution in [0.1, 0.15) is 76.3 Å². The number of carbonyl (C=O) groups excluding carboxylic acids is 3. The number of rotatable bonds is 7. The molecule has 1 aromatic rings. The standard InChI is InChI=1S/C28H41N5O3/c1-18(2)14-15-31-26(35)23-13-12-21(25(34)29-22-6-4-5-7-22)16-24(23)33-27(31)30-32(28(33)36)17-20-10-8-19(3)9-11-20/h8-11,18,21-24,27,30H,4-7,12-17H2,1-3H3,(H,29,34). The molecule has 0 aromatic heterocycles. The smallest absolute Gasteiger partial charge is 0.337 e. The van der Waals surface area contributed by atoms with E-state index >= 15 is 0 Å². The molecule has 4 amide bonds. The van der Waals surface area contributed by atoms with E-state index in [0.29, 0.717) is 38.3 Å². The number of carbonyl (C=O) groups is 3. The zero-order valence-electron chi connectivity index (χ0n) is 21.9. The first-order valence-corrected chi connectivity index (χ1v) is 13.8. The number of benzene rings is 1. The van der Waals surface area contributed by atoms with Crippen molar-refractivity contribution in [2.75, 3.05) is 6.54 Å². The van der Waals surface area contributed by atoms with Crippen LogP contribution < -0.4 is 10.7 Å². The third-order valence-electron chi connectivity index (χ3n) is 8.54. The summed E-state index contributed by atoms with van der Waals surface area (Å²) in [5, 5.41) is 4.90. The number of amides is 4. The molecule has 8 nitrogen and oxygen atoms in total. The molecule has 4 aliphatic rings. The van der Waals surface area contributed by atoms with Crippen molar-refractivity contribution < 1.29 is 14.4 Å². The largest absolute Gasteiger partial charge is 0.353 e. The third-order valence-corrected chi connectivity index (χ3v) is 8.54. The number of nitrogens with zero attached hydrogens (tertiary/aromatic N) is 3. The van der Waals surface area contributed by atoms with Crippen molar-refractivity contribution in [3.05, 3.63) is 35.4 Å². The highest BCUT2D eigenvalue weighted by atomic mass is 16.2. The summed E-state index contributed by atoms with van der Waals surface area (Å²) in [7, 11) is 0. The molecule has 36 heavy (non-hydrogen) atoms. The fourth-order valence-electron chi connectivity index (χ4n) is 6.37. The number of nitrogens with one attached hydrogen (secondary N) is 2. The Morgan fingerprint density at radius 1 is 1.08 bits per heavy atom. The van der Waals surface area contributed by atoms with Crippen LogP contribution in [0, 0.1) is 24.7 Å². The minimum absolute atomic E-state index is 0.0997. The van der Waals surface area contributed by atoms with Gasteiger partial charge >= 0.3 is 6.03 Å². The van der Waals surface area contributed by atoms with Gasteiger partial charge in [0.05, 0.1) is 12.5 Å². The first-order chi connectivity index (χ1) is 17.3. The molecule has 2 aliphatic carbocycles. The number of hydrogen-bond acceptors (Lipinski definition) is 4. The summed E-state index contributed by atoms with van der Waals surface area (Å²) in [6.07, 6.45) is 6.75. The van der Waals surface area contributed by atoms with Gasteiger partial charge < -0.3 is 10.2 Å². The van der Waals surface area contributed by atoms with Crippen LogP contribution in [0.15, 0.2) is 24.3 Å². The maximum absolute atomic E-state index is 13.8. The molecule has 2 saturated carbocycles. The van der Waals surface area contributed by atoms with E-state index in [0.717, 1.165) is 24.8 Å². The van der Waals surface area contributed by atoms with E-state index in [4.69, 9.17) is 0 Å². The molecule has 2 aliphatic heterocycles. The topological polar surface area (TPSA) is 85.0 Å². The minimum atomic E-state index is -0.493. The maximum atomic E-state index is 13.8. The zero-order chi connectivity index (χ0) is 25.4. The highest BCUT2D eigenvalue weighted by Gasteiger charge is 2.55. The minimum Gasteiger partial charge on any atom is -0.353 e. The molecule has 196 valence electrons. The Hall–Kier alpha value is -2.61. The second-order valence-electron chi connectivity index (χ2n) is 11.7. The zero-order valence-corrected chi connectivity index (χ0v) is 21.9. The third kappa shape index (κ3) is 4.97. The Labute approximate surface area is 214 Å². The van der Waals surface area contributed by atoms with Crippen LogP contribution in [0.5, 0.6) is 0 Å². The van der Waals surface area contributed by atoms with Gasteiger partial charge in [0, 0.05) is 24.5 Å². The van der Waals surface area contributed by atoms with Gasteiger partial charge in [0.1, 0.15) is 0 Å². The van der Waals surface area contributed by atoms with Crippen LogP contribution in [0.2, 0.25) is 0 Å². The molecule has 0 spiro atoms. The normalized spacial score (nSPS) is 28.6. The quantitative estimate of drug-likeness (QED) is 0.603. The molecule has 4 unspecified atom stereocenters. The van der Waals surface area contributed by atoms with Gasteiger partial charge in [-0.3, -0.25) is 19.5 Å². The Morgan fingerprint density at radius 3 is 2.50 bits per heavy atom.